The Morgan fingerprint density at radius 3 is 2.76 bits per heavy atom. The summed E-state index contributed by atoms with van der Waals surface area (Å²) < 4.78 is 0. The first-order chi connectivity index (χ1) is 12.0. The van der Waals surface area contributed by atoms with E-state index in [-0.39, 0.29) is 24.3 Å². The number of aromatic amines is 1. The second-order valence-corrected chi connectivity index (χ2v) is 5.77. The molecule has 3 rings (SSSR count). The van der Waals surface area contributed by atoms with Crippen molar-refractivity contribution < 1.29 is 20.1 Å². The number of aromatic hydroxyl groups is 2. The third kappa shape index (κ3) is 3.80. The van der Waals surface area contributed by atoms with E-state index in [4.69, 9.17) is 0 Å². The molecule has 6 nitrogen and oxygen atoms in total. The number of aromatic nitrogens is 1. The average Bonchev–Trinajstić information content (AvgIpc) is 3.00. The number of carboxylic acid groups (broad SMARTS) is 1. The van der Waals surface area contributed by atoms with Gasteiger partial charge >= 0.3 is 5.97 Å². The fourth-order valence-electron chi connectivity index (χ4n) is 2.73. The highest BCUT2D eigenvalue weighted by Crippen LogP contribution is 2.22. The molecule has 0 unspecified atom stereocenters. The van der Waals surface area contributed by atoms with Crippen molar-refractivity contribution >= 4 is 23.1 Å². The predicted octanol–water partition coefficient (Wildman–Crippen LogP) is 2.89. The number of phenols is 2. The van der Waals surface area contributed by atoms with Gasteiger partial charge in [-0.05, 0) is 29.8 Å². The molecule has 3 aromatic rings. The van der Waals surface area contributed by atoms with E-state index in [0.717, 1.165) is 16.5 Å². The lowest BCUT2D eigenvalue weighted by Gasteiger charge is -2.07. The molecule has 128 valence electrons. The van der Waals surface area contributed by atoms with Crippen LogP contribution in [0.15, 0.2) is 53.7 Å². The van der Waals surface area contributed by atoms with Crippen molar-refractivity contribution in [2.45, 2.75) is 18.9 Å². The molecule has 0 aliphatic rings. The van der Waals surface area contributed by atoms with Gasteiger partial charge in [-0.25, -0.2) is 4.79 Å². The molecular formula is C19H18N2O4. The zero-order valence-corrected chi connectivity index (χ0v) is 13.4. The van der Waals surface area contributed by atoms with Gasteiger partial charge in [0.2, 0.25) is 0 Å². The topological polar surface area (TPSA) is 106 Å². The summed E-state index contributed by atoms with van der Waals surface area (Å²) in [4.78, 5) is 18.8. The van der Waals surface area contributed by atoms with Crippen LogP contribution in [-0.2, 0) is 17.6 Å². The van der Waals surface area contributed by atoms with Gasteiger partial charge in [0.15, 0.2) is 6.04 Å². The number of nitrogens with one attached hydrogen (secondary N) is 1. The minimum Gasteiger partial charge on any atom is -0.508 e. The van der Waals surface area contributed by atoms with E-state index >= 15 is 0 Å². The van der Waals surface area contributed by atoms with Gasteiger partial charge in [0, 0.05) is 41.7 Å². The molecule has 0 saturated carbocycles. The maximum absolute atomic E-state index is 11.5. The van der Waals surface area contributed by atoms with Crippen LogP contribution in [0.3, 0.4) is 0 Å². The molecule has 25 heavy (non-hydrogen) atoms. The monoisotopic (exact) mass is 338 g/mol. The number of benzene rings is 2. The third-order valence-corrected chi connectivity index (χ3v) is 4.03. The Labute approximate surface area is 144 Å². The molecule has 1 aromatic heterocycles. The van der Waals surface area contributed by atoms with E-state index < -0.39 is 12.0 Å². The second-order valence-electron chi connectivity index (χ2n) is 5.77. The first-order valence-electron chi connectivity index (χ1n) is 7.85. The van der Waals surface area contributed by atoms with Crippen molar-refractivity contribution in [3.63, 3.8) is 0 Å². The number of H-pyrrole nitrogens is 1. The van der Waals surface area contributed by atoms with E-state index in [9.17, 15) is 20.1 Å². The number of aliphatic imine (C=N–C) groups is 1. The van der Waals surface area contributed by atoms with Crippen molar-refractivity contribution in [3.8, 4) is 11.5 Å². The lowest BCUT2D eigenvalue weighted by molar-refractivity contribution is -0.138. The van der Waals surface area contributed by atoms with Gasteiger partial charge < -0.3 is 20.3 Å². The normalized spacial score (nSPS) is 12.6. The Hall–Kier alpha value is -3.28. The lowest BCUT2D eigenvalue weighted by atomic mass is 10.1. The van der Waals surface area contributed by atoms with Crippen LogP contribution < -0.4 is 0 Å². The number of carbonyl (C=O) groups is 1. The van der Waals surface area contributed by atoms with Crippen LogP contribution in [0.25, 0.3) is 10.9 Å². The zero-order chi connectivity index (χ0) is 17.8. The molecular weight excluding hydrogens is 320 g/mol. The highest BCUT2D eigenvalue weighted by atomic mass is 16.4. The number of rotatable bonds is 6. The number of hydrogen-bond acceptors (Lipinski definition) is 4. The Kier molecular flexibility index (Phi) is 4.70. The van der Waals surface area contributed by atoms with E-state index in [2.05, 4.69) is 9.98 Å². The Balaban J connectivity index is 1.75. The average molecular weight is 338 g/mol. The van der Waals surface area contributed by atoms with Crippen LogP contribution in [0.2, 0.25) is 0 Å². The van der Waals surface area contributed by atoms with E-state index in [0.29, 0.717) is 5.56 Å². The van der Waals surface area contributed by atoms with Gasteiger partial charge in [0.25, 0.3) is 0 Å². The SMILES string of the molecule is O=C(O)[C@H](Cc1c[nH]c2ccccc12)N=CCc1cc(O)ccc1O. The number of carboxylic acids is 1. The minimum atomic E-state index is -1.01. The first kappa shape index (κ1) is 16.6. The molecule has 0 bridgehead atoms. The van der Waals surface area contributed by atoms with Crippen LogP contribution in [0, 0.1) is 0 Å². The summed E-state index contributed by atoms with van der Waals surface area (Å²) in [5.41, 5.74) is 2.33. The number of nitrogens with zero attached hydrogens (tertiary/aromatic N) is 1. The summed E-state index contributed by atoms with van der Waals surface area (Å²) in [5, 5.41) is 29.6. The Morgan fingerprint density at radius 1 is 1.16 bits per heavy atom. The van der Waals surface area contributed by atoms with Gasteiger partial charge in [-0.3, -0.25) is 4.99 Å². The molecule has 1 heterocycles. The highest BCUT2D eigenvalue weighted by molar-refractivity contribution is 5.84. The van der Waals surface area contributed by atoms with Gasteiger partial charge in [-0.2, -0.15) is 0 Å². The van der Waals surface area contributed by atoms with Crippen LogP contribution in [-0.4, -0.2) is 38.5 Å². The summed E-state index contributed by atoms with van der Waals surface area (Å²) >= 11 is 0. The fraction of sp³-hybridized carbons (Fsp3) is 0.158. The summed E-state index contributed by atoms with van der Waals surface area (Å²) in [6.45, 7) is 0. The van der Waals surface area contributed by atoms with Gasteiger partial charge in [0.1, 0.15) is 11.5 Å². The molecule has 0 amide bonds. The maximum atomic E-state index is 11.5. The fourth-order valence-corrected chi connectivity index (χ4v) is 2.73. The molecule has 2 aromatic carbocycles. The van der Waals surface area contributed by atoms with Crippen LogP contribution in [0.4, 0.5) is 0 Å². The molecule has 0 fully saturated rings. The molecule has 0 aliphatic carbocycles. The summed E-state index contributed by atoms with van der Waals surface area (Å²) in [5.74, 6) is -0.941. The molecule has 0 spiro atoms. The van der Waals surface area contributed by atoms with Gasteiger partial charge in [0.05, 0.1) is 0 Å². The van der Waals surface area contributed by atoms with E-state index in [1.165, 1.54) is 24.4 Å². The third-order valence-electron chi connectivity index (χ3n) is 4.03. The molecule has 0 saturated heterocycles. The number of phenolic OH excluding ortho intramolecular Hbond substituents is 2. The quantitative estimate of drug-likeness (QED) is 0.409. The van der Waals surface area contributed by atoms with Crippen molar-refractivity contribution in [2.24, 2.45) is 4.99 Å². The van der Waals surface area contributed by atoms with Gasteiger partial charge in [-0.1, -0.05) is 18.2 Å². The van der Waals surface area contributed by atoms with Crippen molar-refractivity contribution in [1.29, 1.82) is 0 Å². The van der Waals surface area contributed by atoms with Crippen LogP contribution >= 0.6 is 0 Å². The smallest absolute Gasteiger partial charge is 0.328 e. The number of fused-ring (bicyclic) bond motifs is 1. The Morgan fingerprint density at radius 2 is 1.96 bits per heavy atom. The summed E-state index contributed by atoms with van der Waals surface area (Å²) in [7, 11) is 0. The van der Waals surface area contributed by atoms with Crippen molar-refractivity contribution in [1.82, 2.24) is 4.98 Å². The molecule has 6 heteroatoms. The predicted molar refractivity (Wildman–Crippen MR) is 95.4 cm³/mol. The summed E-state index contributed by atoms with van der Waals surface area (Å²) in [6, 6.07) is 11.0. The molecule has 0 aliphatic heterocycles. The standard InChI is InChI=1S/C19H18N2O4/c22-14-5-6-18(23)12(9-14)7-8-20-17(19(24)25)10-13-11-21-16-4-2-1-3-15(13)16/h1-6,8-9,11,17,21-23H,7,10H2,(H,24,25)/t17-/m0/s1. The van der Waals surface area contributed by atoms with Crippen LogP contribution in [0.5, 0.6) is 11.5 Å². The van der Waals surface area contributed by atoms with Gasteiger partial charge in [-0.15, -0.1) is 0 Å². The van der Waals surface area contributed by atoms with E-state index in [1.807, 2.05) is 24.3 Å². The molecule has 1 atom stereocenters. The van der Waals surface area contributed by atoms with Crippen molar-refractivity contribution in [2.75, 3.05) is 0 Å². The maximum Gasteiger partial charge on any atom is 0.328 e. The molecule has 0 radical (unpaired) electrons. The zero-order valence-electron chi connectivity index (χ0n) is 13.4. The van der Waals surface area contributed by atoms with E-state index in [1.54, 1.807) is 6.20 Å². The number of hydrogen-bond donors (Lipinski definition) is 4. The summed E-state index contributed by atoms with van der Waals surface area (Å²) in [6.07, 6.45) is 3.76. The number of aliphatic carboxylic acids is 1. The van der Waals surface area contributed by atoms with Crippen LogP contribution in [0.1, 0.15) is 11.1 Å². The largest absolute Gasteiger partial charge is 0.508 e. The Bertz CT molecular complexity index is 930. The van der Waals surface area contributed by atoms with Crippen molar-refractivity contribution in [3.05, 3.63) is 59.8 Å². The number of para-hydroxylation sites is 1. The highest BCUT2D eigenvalue weighted by Gasteiger charge is 2.18. The minimum absolute atomic E-state index is 0.0350. The lowest BCUT2D eigenvalue weighted by Crippen LogP contribution is -2.20. The molecule has 4 N–H and O–H groups in total. The second kappa shape index (κ2) is 7.09. The first-order valence-corrected chi connectivity index (χ1v) is 7.85.